The van der Waals surface area contributed by atoms with E-state index in [-0.39, 0.29) is 11.8 Å². The number of amides is 2. The number of rotatable bonds is 6. The van der Waals surface area contributed by atoms with E-state index in [4.69, 9.17) is 14.7 Å². The van der Waals surface area contributed by atoms with Gasteiger partial charge in [0.25, 0.3) is 11.8 Å². The van der Waals surface area contributed by atoms with Crippen LogP contribution in [0.2, 0.25) is 0 Å². The average molecular weight is 488 g/mol. The SMILES string of the molecule is Cc1c(C)n(CCCN2CCOCC2)c2ncn3nc(C(C)N4C(=O)c5ccccc5C4=O)nc3c12. The highest BCUT2D eigenvalue weighted by Crippen LogP contribution is 2.32. The first-order chi connectivity index (χ1) is 17.5. The number of fused-ring (bicyclic) bond motifs is 4. The second-order valence-corrected chi connectivity index (χ2v) is 9.55. The molecule has 1 unspecified atom stereocenters. The minimum absolute atomic E-state index is 0.316. The first kappa shape index (κ1) is 22.8. The first-order valence-electron chi connectivity index (χ1n) is 12.4. The van der Waals surface area contributed by atoms with Crippen LogP contribution in [0.3, 0.4) is 0 Å². The van der Waals surface area contributed by atoms with Crippen molar-refractivity contribution in [2.45, 2.75) is 39.8 Å². The van der Waals surface area contributed by atoms with Crippen molar-refractivity contribution in [2.75, 3.05) is 32.8 Å². The summed E-state index contributed by atoms with van der Waals surface area (Å²) in [7, 11) is 0. The lowest BCUT2D eigenvalue weighted by Crippen LogP contribution is -2.37. The van der Waals surface area contributed by atoms with E-state index < -0.39 is 6.04 Å². The highest BCUT2D eigenvalue weighted by molar-refractivity contribution is 6.21. The smallest absolute Gasteiger partial charge is 0.262 e. The number of hydrogen-bond acceptors (Lipinski definition) is 7. The lowest BCUT2D eigenvalue weighted by Gasteiger charge is -2.26. The van der Waals surface area contributed by atoms with E-state index in [0.29, 0.717) is 22.6 Å². The van der Waals surface area contributed by atoms with Crippen molar-refractivity contribution in [3.05, 3.63) is 58.8 Å². The molecule has 36 heavy (non-hydrogen) atoms. The van der Waals surface area contributed by atoms with Crippen molar-refractivity contribution in [2.24, 2.45) is 0 Å². The van der Waals surface area contributed by atoms with Gasteiger partial charge in [-0.05, 0) is 44.9 Å². The maximum atomic E-state index is 13.0. The van der Waals surface area contributed by atoms with Gasteiger partial charge in [0.1, 0.15) is 12.0 Å². The number of carbonyl (C=O) groups is 2. The number of aryl methyl sites for hydroxylation is 2. The van der Waals surface area contributed by atoms with Crippen molar-refractivity contribution in [1.29, 1.82) is 0 Å². The molecule has 3 aromatic heterocycles. The van der Waals surface area contributed by atoms with Crippen LogP contribution in [-0.2, 0) is 11.3 Å². The summed E-state index contributed by atoms with van der Waals surface area (Å²) in [5.41, 5.74) is 4.68. The van der Waals surface area contributed by atoms with Gasteiger partial charge < -0.3 is 9.30 Å². The summed E-state index contributed by atoms with van der Waals surface area (Å²) in [4.78, 5) is 39.2. The van der Waals surface area contributed by atoms with Gasteiger partial charge in [-0.15, -0.1) is 5.10 Å². The van der Waals surface area contributed by atoms with E-state index in [2.05, 4.69) is 28.4 Å². The Morgan fingerprint density at radius 1 is 1.00 bits per heavy atom. The van der Waals surface area contributed by atoms with Gasteiger partial charge in [-0.2, -0.15) is 0 Å². The molecule has 10 nitrogen and oxygen atoms in total. The summed E-state index contributed by atoms with van der Waals surface area (Å²) in [6.07, 6.45) is 2.69. The molecule has 0 spiro atoms. The number of benzene rings is 1. The van der Waals surface area contributed by atoms with Crippen LogP contribution in [0.4, 0.5) is 0 Å². The van der Waals surface area contributed by atoms with Crippen LogP contribution >= 0.6 is 0 Å². The van der Waals surface area contributed by atoms with E-state index in [1.54, 1.807) is 42.0 Å². The summed E-state index contributed by atoms with van der Waals surface area (Å²) in [5, 5.41) is 5.57. The number of carbonyl (C=O) groups excluding carboxylic acids is 2. The highest BCUT2D eigenvalue weighted by atomic mass is 16.5. The predicted octanol–water partition coefficient (Wildman–Crippen LogP) is 2.78. The highest BCUT2D eigenvalue weighted by Gasteiger charge is 2.40. The molecule has 4 aromatic rings. The van der Waals surface area contributed by atoms with Gasteiger partial charge in [0.2, 0.25) is 0 Å². The molecule has 6 rings (SSSR count). The van der Waals surface area contributed by atoms with Crippen LogP contribution in [0.25, 0.3) is 16.7 Å². The molecule has 0 aliphatic carbocycles. The van der Waals surface area contributed by atoms with Crippen LogP contribution in [0.5, 0.6) is 0 Å². The fourth-order valence-corrected chi connectivity index (χ4v) is 5.35. The molecule has 1 aromatic carbocycles. The molecule has 186 valence electrons. The molecule has 0 N–H and O–H groups in total. The van der Waals surface area contributed by atoms with Gasteiger partial charge in [0.15, 0.2) is 11.5 Å². The molecule has 5 heterocycles. The third kappa shape index (κ3) is 3.51. The summed E-state index contributed by atoms with van der Waals surface area (Å²) in [5.74, 6) is -0.219. The van der Waals surface area contributed by atoms with Crippen molar-refractivity contribution in [3.63, 3.8) is 0 Å². The van der Waals surface area contributed by atoms with Gasteiger partial charge >= 0.3 is 0 Å². The lowest BCUT2D eigenvalue weighted by atomic mass is 10.1. The van der Waals surface area contributed by atoms with Crippen molar-refractivity contribution in [1.82, 2.24) is 33.9 Å². The van der Waals surface area contributed by atoms with Gasteiger partial charge in [-0.25, -0.2) is 14.5 Å². The molecule has 0 saturated carbocycles. The lowest BCUT2D eigenvalue weighted by molar-refractivity contribution is 0.0369. The predicted molar refractivity (Wildman–Crippen MR) is 133 cm³/mol. The van der Waals surface area contributed by atoms with E-state index in [0.717, 1.165) is 68.1 Å². The second-order valence-electron chi connectivity index (χ2n) is 9.55. The Morgan fingerprint density at radius 2 is 1.69 bits per heavy atom. The minimum Gasteiger partial charge on any atom is -0.379 e. The summed E-state index contributed by atoms with van der Waals surface area (Å²) in [6, 6.07) is 6.28. The second kappa shape index (κ2) is 8.79. The Balaban J connectivity index is 1.31. The number of imide groups is 1. The van der Waals surface area contributed by atoms with Gasteiger partial charge in [-0.3, -0.25) is 19.4 Å². The van der Waals surface area contributed by atoms with Gasteiger partial charge in [-0.1, -0.05) is 12.1 Å². The molecular formula is C26H29N7O3. The third-order valence-corrected chi connectivity index (χ3v) is 7.51. The molecule has 10 heteroatoms. The number of hydrogen-bond donors (Lipinski definition) is 0. The molecule has 1 fully saturated rings. The maximum Gasteiger partial charge on any atom is 0.262 e. The first-order valence-corrected chi connectivity index (χ1v) is 12.4. The maximum absolute atomic E-state index is 13.0. The zero-order valence-electron chi connectivity index (χ0n) is 20.8. The van der Waals surface area contributed by atoms with E-state index in [1.807, 2.05) is 0 Å². The van der Waals surface area contributed by atoms with Crippen molar-refractivity contribution < 1.29 is 14.3 Å². The molecule has 2 aliphatic rings. The summed E-state index contributed by atoms with van der Waals surface area (Å²) in [6.45, 7) is 11.4. The number of aromatic nitrogens is 5. The van der Waals surface area contributed by atoms with Gasteiger partial charge in [0, 0.05) is 31.9 Å². The normalized spacial score (nSPS) is 17.5. The Bertz CT molecular complexity index is 1460. The molecule has 1 atom stereocenters. The monoisotopic (exact) mass is 487 g/mol. The molecule has 2 amide bonds. The van der Waals surface area contributed by atoms with Crippen LogP contribution in [0.15, 0.2) is 30.6 Å². The summed E-state index contributed by atoms with van der Waals surface area (Å²) >= 11 is 0. The number of nitrogens with zero attached hydrogens (tertiary/aromatic N) is 7. The molecule has 0 radical (unpaired) electrons. The third-order valence-electron chi connectivity index (χ3n) is 7.51. The van der Waals surface area contributed by atoms with Crippen LogP contribution in [0, 0.1) is 13.8 Å². The molecule has 0 bridgehead atoms. The Morgan fingerprint density at radius 3 is 2.39 bits per heavy atom. The number of morpholine rings is 1. The van der Waals surface area contributed by atoms with E-state index in [9.17, 15) is 9.59 Å². The Labute approximate surface area is 208 Å². The molecular weight excluding hydrogens is 458 g/mol. The number of ether oxygens (including phenoxy) is 1. The largest absolute Gasteiger partial charge is 0.379 e. The zero-order valence-corrected chi connectivity index (χ0v) is 20.8. The topological polar surface area (TPSA) is 97.9 Å². The standard InChI is InChI=1S/C26H29N7O3/c1-16-17(2)31(10-6-9-30-11-13-36-14-12-30)23-21(16)24-28-22(29-32(24)15-27-23)18(3)33-25(34)19-7-4-5-8-20(19)26(33)35/h4-5,7-8,15,18H,6,9-14H2,1-3H3. The average Bonchev–Trinajstić information content (AvgIpc) is 3.52. The van der Waals surface area contributed by atoms with Crippen molar-refractivity contribution >= 4 is 28.5 Å². The van der Waals surface area contributed by atoms with Crippen LogP contribution in [-0.4, -0.2) is 78.6 Å². The molecule has 1 saturated heterocycles. The Kier molecular flexibility index (Phi) is 5.57. The zero-order chi connectivity index (χ0) is 25.0. The van der Waals surface area contributed by atoms with E-state index >= 15 is 0 Å². The van der Waals surface area contributed by atoms with Crippen molar-refractivity contribution in [3.8, 4) is 0 Å². The van der Waals surface area contributed by atoms with E-state index in [1.165, 1.54) is 4.90 Å². The Hall–Kier alpha value is -3.63. The van der Waals surface area contributed by atoms with Crippen LogP contribution in [0.1, 0.15) is 57.2 Å². The van der Waals surface area contributed by atoms with Crippen LogP contribution < -0.4 is 0 Å². The molecule has 2 aliphatic heterocycles. The fraction of sp³-hybridized carbons (Fsp3) is 0.423. The fourth-order valence-electron chi connectivity index (χ4n) is 5.35. The minimum atomic E-state index is -0.607. The quantitative estimate of drug-likeness (QED) is 0.386. The van der Waals surface area contributed by atoms with Gasteiger partial charge in [0.05, 0.1) is 35.8 Å². The summed E-state index contributed by atoms with van der Waals surface area (Å²) < 4.78 is 9.36.